The van der Waals surface area contributed by atoms with E-state index in [0.717, 1.165) is 42.7 Å². The molecular weight excluding hydrogens is 505 g/mol. The lowest BCUT2D eigenvalue weighted by molar-refractivity contribution is -0.125. The maximum atomic E-state index is 12.6. The van der Waals surface area contributed by atoms with Crippen LogP contribution in [-0.2, 0) is 27.1 Å². The molecule has 3 N–H and O–H groups in total. The number of nitrogens with one attached hydrogen (secondary N) is 1. The summed E-state index contributed by atoms with van der Waals surface area (Å²) in [4.78, 5) is 15.0. The summed E-state index contributed by atoms with van der Waals surface area (Å²) in [5.74, 6) is -0.243. The molecule has 5 nitrogen and oxygen atoms in total. The first kappa shape index (κ1) is 27.6. The number of halogens is 2. The van der Waals surface area contributed by atoms with E-state index in [9.17, 15) is 4.79 Å². The minimum absolute atomic E-state index is 0.243. The SMILES string of the molecule is CNC(CCN1CCC(C(N)=O)(c2ccccc2)CC1)(COCc1ccccc1)c1ccc(Cl)c(Cl)c1. The number of likely N-dealkylation sites (tertiary alicyclic amines) is 1. The van der Waals surface area contributed by atoms with Gasteiger partial charge < -0.3 is 20.7 Å². The smallest absolute Gasteiger partial charge is 0.228 e. The number of benzene rings is 3. The fraction of sp³-hybridized carbons (Fsp3) is 0.367. The second kappa shape index (κ2) is 12.4. The quantitative estimate of drug-likeness (QED) is 0.336. The van der Waals surface area contributed by atoms with Gasteiger partial charge >= 0.3 is 0 Å². The van der Waals surface area contributed by atoms with E-state index in [1.165, 1.54) is 0 Å². The van der Waals surface area contributed by atoms with Gasteiger partial charge in [-0.25, -0.2) is 0 Å². The van der Waals surface area contributed by atoms with Crippen LogP contribution in [0, 0.1) is 0 Å². The molecule has 4 rings (SSSR count). The average molecular weight is 541 g/mol. The zero-order valence-corrected chi connectivity index (χ0v) is 22.8. The van der Waals surface area contributed by atoms with Crippen LogP contribution in [0.3, 0.4) is 0 Å². The van der Waals surface area contributed by atoms with Crippen molar-refractivity contribution in [1.29, 1.82) is 0 Å². The summed E-state index contributed by atoms with van der Waals surface area (Å²) < 4.78 is 6.24. The van der Waals surface area contributed by atoms with Crippen molar-refractivity contribution in [3.63, 3.8) is 0 Å². The summed E-state index contributed by atoms with van der Waals surface area (Å²) in [6, 6.07) is 25.9. The number of carbonyl (C=O) groups excluding carboxylic acids is 1. The fourth-order valence-electron chi connectivity index (χ4n) is 5.29. The standard InChI is InChI=1S/C30H35Cl2N3O2/c1-34-30(25-12-13-26(31)27(32)20-25,22-37-21-23-8-4-2-5-9-23)16-19-35-17-14-29(15-18-35,28(33)36)24-10-6-3-7-11-24/h2-13,20,34H,14-19,21-22H2,1H3,(H2,33,36). The van der Waals surface area contributed by atoms with Crippen LogP contribution in [0.2, 0.25) is 10.0 Å². The van der Waals surface area contributed by atoms with Gasteiger partial charge in [0.2, 0.25) is 5.91 Å². The van der Waals surface area contributed by atoms with Crippen molar-refractivity contribution < 1.29 is 9.53 Å². The van der Waals surface area contributed by atoms with Gasteiger partial charge in [-0.15, -0.1) is 0 Å². The van der Waals surface area contributed by atoms with Crippen LogP contribution in [0.4, 0.5) is 0 Å². The van der Waals surface area contributed by atoms with Gasteiger partial charge in [-0.3, -0.25) is 4.79 Å². The first-order valence-electron chi connectivity index (χ1n) is 12.7. The van der Waals surface area contributed by atoms with E-state index in [1.807, 2.05) is 73.8 Å². The van der Waals surface area contributed by atoms with Crippen LogP contribution in [0.1, 0.15) is 36.0 Å². The minimum atomic E-state index is -0.611. The van der Waals surface area contributed by atoms with Gasteiger partial charge in [0.15, 0.2) is 0 Å². The molecule has 0 bridgehead atoms. The highest BCUT2D eigenvalue weighted by Crippen LogP contribution is 2.37. The van der Waals surface area contributed by atoms with E-state index in [2.05, 4.69) is 22.3 Å². The Morgan fingerprint density at radius 1 is 1.00 bits per heavy atom. The first-order chi connectivity index (χ1) is 17.9. The Hall–Kier alpha value is -2.41. The van der Waals surface area contributed by atoms with Gasteiger partial charge in [-0.1, -0.05) is 89.9 Å². The number of primary amides is 1. The van der Waals surface area contributed by atoms with Crippen LogP contribution >= 0.6 is 23.2 Å². The number of hydrogen-bond donors (Lipinski definition) is 2. The molecule has 0 spiro atoms. The number of nitrogens with two attached hydrogens (primary N) is 1. The Labute approximate surface area is 229 Å². The number of carbonyl (C=O) groups is 1. The molecule has 1 unspecified atom stereocenters. The van der Waals surface area contributed by atoms with Crippen LogP contribution in [0.5, 0.6) is 0 Å². The number of rotatable bonds is 11. The summed E-state index contributed by atoms with van der Waals surface area (Å²) >= 11 is 12.7. The number of hydrogen-bond acceptors (Lipinski definition) is 4. The molecular formula is C30H35Cl2N3O2. The Morgan fingerprint density at radius 3 is 2.24 bits per heavy atom. The van der Waals surface area contributed by atoms with Gasteiger partial charge in [0.1, 0.15) is 0 Å². The van der Waals surface area contributed by atoms with Crippen molar-refractivity contribution in [3.05, 3.63) is 106 Å². The van der Waals surface area contributed by atoms with Crippen molar-refractivity contribution in [1.82, 2.24) is 10.2 Å². The molecule has 1 aliphatic heterocycles. The van der Waals surface area contributed by atoms with Crippen molar-refractivity contribution >= 4 is 29.1 Å². The molecule has 1 saturated heterocycles. The monoisotopic (exact) mass is 539 g/mol. The lowest BCUT2D eigenvalue weighted by Crippen LogP contribution is -2.52. The van der Waals surface area contributed by atoms with Gasteiger partial charge in [0.25, 0.3) is 0 Å². The molecule has 0 aliphatic carbocycles. The van der Waals surface area contributed by atoms with Gasteiger partial charge in [-0.2, -0.15) is 0 Å². The normalized spacial score (nSPS) is 17.3. The van der Waals surface area contributed by atoms with Crippen LogP contribution in [0.25, 0.3) is 0 Å². The highest BCUT2D eigenvalue weighted by Gasteiger charge is 2.42. The topological polar surface area (TPSA) is 67.6 Å². The molecule has 1 atom stereocenters. The number of nitrogens with zero attached hydrogens (tertiary/aromatic N) is 1. The van der Waals surface area contributed by atoms with Gasteiger partial charge in [0.05, 0.1) is 34.2 Å². The van der Waals surface area contributed by atoms with Crippen LogP contribution in [0.15, 0.2) is 78.9 Å². The largest absolute Gasteiger partial charge is 0.374 e. The molecule has 1 aliphatic rings. The lowest BCUT2D eigenvalue weighted by atomic mass is 9.72. The predicted octanol–water partition coefficient (Wildman–Crippen LogP) is 5.53. The molecule has 3 aromatic rings. The maximum absolute atomic E-state index is 12.6. The third-order valence-electron chi connectivity index (χ3n) is 7.77. The van der Waals surface area contributed by atoms with E-state index in [-0.39, 0.29) is 5.91 Å². The molecule has 0 radical (unpaired) electrons. The summed E-state index contributed by atoms with van der Waals surface area (Å²) in [5.41, 5.74) is 8.04. The predicted molar refractivity (Wildman–Crippen MR) is 151 cm³/mol. The fourth-order valence-corrected chi connectivity index (χ4v) is 5.59. The molecule has 3 aromatic carbocycles. The van der Waals surface area contributed by atoms with Crippen molar-refractivity contribution in [2.45, 2.75) is 36.8 Å². The summed E-state index contributed by atoms with van der Waals surface area (Å²) in [6.07, 6.45) is 2.21. The third-order valence-corrected chi connectivity index (χ3v) is 8.51. The molecule has 196 valence electrons. The van der Waals surface area contributed by atoms with E-state index in [4.69, 9.17) is 33.7 Å². The Bertz CT molecular complexity index is 1170. The Morgan fingerprint density at radius 2 is 1.65 bits per heavy atom. The number of piperidine rings is 1. The number of amides is 1. The van der Waals surface area contributed by atoms with E-state index < -0.39 is 11.0 Å². The lowest BCUT2D eigenvalue weighted by Gasteiger charge is -2.42. The highest BCUT2D eigenvalue weighted by atomic mass is 35.5. The second-order valence-corrected chi connectivity index (χ2v) is 10.7. The molecule has 1 heterocycles. The Kier molecular flexibility index (Phi) is 9.27. The second-order valence-electron chi connectivity index (χ2n) is 9.84. The zero-order chi connectivity index (χ0) is 26.3. The van der Waals surface area contributed by atoms with Gasteiger partial charge in [-0.05, 0) is 68.2 Å². The van der Waals surface area contributed by atoms with Crippen molar-refractivity contribution in [3.8, 4) is 0 Å². The van der Waals surface area contributed by atoms with E-state index in [1.54, 1.807) is 0 Å². The van der Waals surface area contributed by atoms with Crippen molar-refractivity contribution in [2.24, 2.45) is 5.73 Å². The first-order valence-corrected chi connectivity index (χ1v) is 13.5. The summed E-state index contributed by atoms with van der Waals surface area (Å²) in [7, 11) is 1.96. The van der Waals surface area contributed by atoms with Gasteiger partial charge in [0, 0.05) is 6.54 Å². The molecule has 37 heavy (non-hydrogen) atoms. The average Bonchev–Trinajstić information content (AvgIpc) is 2.93. The Balaban J connectivity index is 1.47. The minimum Gasteiger partial charge on any atom is -0.374 e. The molecule has 0 saturated carbocycles. The molecule has 1 amide bonds. The molecule has 0 aromatic heterocycles. The van der Waals surface area contributed by atoms with Crippen LogP contribution < -0.4 is 11.1 Å². The molecule has 1 fully saturated rings. The summed E-state index contributed by atoms with van der Waals surface area (Å²) in [6.45, 7) is 3.42. The molecule has 7 heteroatoms. The third kappa shape index (κ3) is 6.36. The number of likely N-dealkylation sites (N-methyl/N-ethyl adjacent to an activating group) is 1. The van der Waals surface area contributed by atoms with Crippen LogP contribution in [-0.4, -0.2) is 44.1 Å². The summed E-state index contributed by atoms with van der Waals surface area (Å²) in [5, 5.41) is 4.59. The number of ether oxygens (including phenoxy) is 1. The maximum Gasteiger partial charge on any atom is 0.228 e. The highest BCUT2D eigenvalue weighted by molar-refractivity contribution is 6.42. The van der Waals surface area contributed by atoms with E-state index >= 15 is 0 Å². The van der Waals surface area contributed by atoms with E-state index in [0.29, 0.717) is 36.1 Å². The van der Waals surface area contributed by atoms with Crippen molar-refractivity contribution in [2.75, 3.05) is 33.3 Å². The zero-order valence-electron chi connectivity index (χ0n) is 21.3.